The molecule has 7 aromatic rings. The number of oxazole rings is 2. The van der Waals surface area contributed by atoms with Crippen LogP contribution in [0.2, 0.25) is 0 Å². The van der Waals surface area contributed by atoms with E-state index in [1.165, 1.54) is 45.8 Å². The molecule has 1 aliphatic carbocycles. The lowest BCUT2D eigenvalue weighted by atomic mass is 9.80. The number of hydrogen-bond donors (Lipinski definition) is 0. The van der Waals surface area contributed by atoms with Crippen LogP contribution in [0.1, 0.15) is 25.0 Å². The molecule has 0 saturated carbocycles. The molecule has 3 aromatic carbocycles. The SMILES string of the molecule is CC1(C)c2cc(-c3cccc(-c4cnco4)n3)ccc2-c2c1cc(-c1cccc(-c3cnco3)n1)c1ccccc21. The molecule has 0 amide bonds. The zero-order chi connectivity index (χ0) is 27.6. The van der Waals surface area contributed by atoms with Crippen molar-refractivity contribution in [3.05, 3.63) is 121 Å². The van der Waals surface area contributed by atoms with Gasteiger partial charge in [0.1, 0.15) is 11.4 Å². The minimum absolute atomic E-state index is 0.232. The minimum atomic E-state index is -0.232. The molecule has 0 saturated heterocycles. The maximum atomic E-state index is 5.54. The number of fused-ring (bicyclic) bond motifs is 5. The quantitative estimate of drug-likeness (QED) is 0.226. The molecule has 0 bridgehead atoms. The number of aromatic nitrogens is 4. The Morgan fingerprint density at radius 2 is 1.20 bits per heavy atom. The molecule has 0 spiro atoms. The van der Waals surface area contributed by atoms with Crippen LogP contribution in [-0.2, 0) is 5.41 Å². The Balaban J connectivity index is 1.30. The van der Waals surface area contributed by atoms with Crippen molar-refractivity contribution < 1.29 is 8.83 Å². The van der Waals surface area contributed by atoms with Gasteiger partial charge >= 0.3 is 0 Å². The first-order chi connectivity index (χ1) is 20.1. The van der Waals surface area contributed by atoms with Gasteiger partial charge < -0.3 is 8.83 Å². The molecule has 4 aromatic heterocycles. The van der Waals surface area contributed by atoms with Crippen molar-refractivity contribution in [2.75, 3.05) is 0 Å². The van der Waals surface area contributed by atoms with Crippen molar-refractivity contribution in [3.63, 3.8) is 0 Å². The third-order valence-electron chi connectivity index (χ3n) is 8.12. The van der Waals surface area contributed by atoms with Crippen LogP contribution in [0, 0.1) is 0 Å². The van der Waals surface area contributed by atoms with Crippen molar-refractivity contribution in [1.29, 1.82) is 0 Å². The topological polar surface area (TPSA) is 77.8 Å². The van der Waals surface area contributed by atoms with Crippen molar-refractivity contribution in [1.82, 2.24) is 19.9 Å². The summed E-state index contributed by atoms with van der Waals surface area (Å²) in [5.74, 6) is 1.30. The first-order valence-electron chi connectivity index (χ1n) is 13.5. The summed E-state index contributed by atoms with van der Waals surface area (Å²) in [6, 6.07) is 29.7. The molecule has 0 atom stereocenters. The fourth-order valence-corrected chi connectivity index (χ4v) is 6.09. The molecule has 0 aliphatic heterocycles. The molecule has 0 unspecified atom stereocenters. The fourth-order valence-electron chi connectivity index (χ4n) is 6.09. The second kappa shape index (κ2) is 8.83. The van der Waals surface area contributed by atoms with Gasteiger partial charge in [0, 0.05) is 16.5 Å². The van der Waals surface area contributed by atoms with E-state index >= 15 is 0 Å². The molecule has 4 heterocycles. The highest BCUT2D eigenvalue weighted by molar-refractivity contribution is 6.08. The van der Waals surface area contributed by atoms with E-state index in [9.17, 15) is 0 Å². The highest BCUT2D eigenvalue weighted by atomic mass is 16.3. The molecule has 1 aliphatic rings. The maximum Gasteiger partial charge on any atom is 0.181 e. The van der Waals surface area contributed by atoms with E-state index in [1.54, 1.807) is 12.4 Å². The lowest BCUT2D eigenvalue weighted by molar-refractivity contribution is 0.569. The van der Waals surface area contributed by atoms with E-state index < -0.39 is 0 Å². The van der Waals surface area contributed by atoms with Gasteiger partial charge in [0.05, 0.1) is 23.8 Å². The van der Waals surface area contributed by atoms with Gasteiger partial charge in [-0.3, -0.25) is 0 Å². The molecule has 0 radical (unpaired) electrons. The second-order valence-electron chi connectivity index (χ2n) is 10.8. The highest BCUT2D eigenvalue weighted by Gasteiger charge is 2.37. The average molecular weight is 533 g/mol. The van der Waals surface area contributed by atoms with Crippen LogP contribution >= 0.6 is 0 Å². The Kier molecular flexibility index (Phi) is 5.06. The molecule has 6 nitrogen and oxygen atoms in total. The highest BCUT2D eigenvalue weighted by Crippen LogP contribution is 2.53. The standard InChI is InChI=1S/C35H24N4O2/c1-35(2)26-15-21(28-9-5-11-30(38-28)32-17-36-19-40-32)13-14-24(26)34-23-8-4-3-7-22(23)25(16-27(34)35)29-10-6-12-31(39-29)33-18-37-20-41-33/h3-20H,1-2H3. The van der Waals surface area contributed by atoms with Crippen LogP contribution in [0.25, 0.3) is 67.3 Å². The number of pyridine rings is 2. The summed E-state index contributed by atoms with van der Waals surface area (Å²) in [5, 5.41) is 2.39. The van der Waals surface area contributed by atoms with Gasteiger partial charge in [-0.25, -0.2) is 19.9 Å². The van der Waals surface area contributed by atoms with Gasteiger partial charge in [0.15, 0.2) is 24.3 Å². The summed E-state index contributed by atoms with van der Waals surface area (Å²) in [7, 11) is 0. The van der Waals surface area contributed by atoms with Crippen molar-refractivity contribution >= 4 is 10.8 Å². The lowest BCUT2D eigenvalue weighted by Crippen LogP contribution is -2.15. The average Bonchev–Trinajstić information content (AvgIpc) is 3.79. The monoisotopic (exact) mass is 532 g/mol. The van der Waals surface area contributed by atoms with Gasteiger partial charge in [-0.05, 0) is 69.4 Å². The largest absolute Gasteiger partial charge is 0.442 e. The van der Waals surface area contributed by atoms with Crippen LogP contribution in [0.5, 0.6) is 0 Å². The molecule has 6 heteroatoms. The predicted molar refractivity (Wildman–Crippen MR) is 159 cm³/mol. The van der Waals surface area contributed by atoms with Gasteiger partial charge in [0.2, 0.25) is 0 Å². The number of nitrogens with zero attached hydrogens (tertiary/aromatic N) is 4. The summed E-state index contributed by atoms with van der Waals surface area (Å²) < 4.78 is 11.0. The van der Waals surface area contributed by atoms with Crippen LogP contribution in [-0.4, -0.2) is 19.9 Å². The van der Waals surface area contributed by atoms with Crippen molar-refractivity contribution in [2.24, 2.45) is 0 Å². The van der Waals surface area contributed by atoms with Gasteiger partial charge in [-0.1, -0.05) is 62.4 Å². The molecule has 8 rings (SSSR count). The van der Waals surface area contributed by atoms with E-state index in [-0.39, 0.29) is 5.41 Å². The zero-order valence-electron chi connectivity index (χ0n) is 22.5. The Bertz CT molecular complexity index is 2080. The first kappa shape index (κ1) is 23.5. The lowest BCUT2D eigenvalue weighted by Gasteiger charge is -2.23. The van der Waals surface area contributed by atoms with E-state index in [1.807, 2.05) is 30.3 Å². The van der Waals surface area contributed by atoms with Crippen LogP contribution in [0.15, 0.2) is 119 Å². The number of rotatable bonds is 4. The first-order valence-corrected chi connectivity index (χ1v) is 13.5. The van der Waals surface area contributed by atoms with E-state index in [0.717, 1.165) is 33.9 Å². The van der Waals surface area contributed by atoms with Gasteiger partial charge in [-0.2, -0.15) is 0 Å². The number of benzene rings is 3. The zero-order valence-corrected chi connectivity index (χ0v) is 22.5. The molecule has 41 heavy (non-hydrogen) atoms. The van der Waals surface area contributed by atoms with E-state index in [4.69, 9.17) is 18.8 Å². The Morgan fingerprint density at radius 3 is 1.88 bits per heavy atom. The van der Waals surface area contributed by atoms with E-state index in [0.29, 0.717) is 11.5 Å². The number of hydrogen-bond acceptors (Lipinski definition) is 6. The fraction of sp³-hybridized carbons (Fsp3) is 0.0857. The predicted octanol–water partition coefficient (Wildman–Crippen LogP) is 8.58. The maximum absolute atomic E-state index is 5.54. The molecule has 196 valence electrons. The normalized spacial score (nSPS) is 13.3. The third kappa shape index (κ3) is 3.64. The Hall–Kier alpha value is -5.36. The summed E-state index contributed by atoms with van der Waals surface area (Å²) in [6.07, 6.45) is 6.24. The molecule has 0 N–H and O–H groups in total. The Labute approximate surface area is 236 Å². The van der Waals surface area contributed by atoms with Crippen molar-refractivity contribution in [3.8, 4) is 56.6 Å². The molecular formula is C35H24N4O2. The summed E-state index contributed by atoms with van der Waals surface area (Å²) in [5.41, 5.74) is 10.4. The van der Waals surface area contributed by atoms with Crippen LogP contribution in [0.4, 0.5) is 0 Å². The van der Waals surface area contributed by atoms with Crippen LogP contribution < -0.4 is 0 Å². The van der Waals surface area contributed by atoms with Crippen molar-refractivity contribution in [2.45, 2.75) is 19.3 Å². The van der Waals surface area contributed by atoms with E-state index in [2.05, 4.69) is 78.4 Å². The van der Waals surface area contributed by atoms with Crippen LogP contribution in [0.3, 0.4) is 0 Å². The second-order valence-corrected chi connectivity index (χ2v) is 10.8. The molecular weight excluding hydrogens is 508 g/mol. The summed E-state index contributed by atoms with van der Waals surface area (Å²) >= 11 is 0. The summed E-state index contributed by atoms with van der Waals surface area (Å²) in [6.45, 7) is 4.60. The smallest absolute Gasteiger partial charge is 0.181 e. The molecule has 0 fully saturated rings. The Morgan fingerprint density at radius 1 is 0.561 bits per heavy atom. The summed E-state index contributed by atoms with van der Waals surface area (Å²) in [4.78, 5) is 18.0. The van der Waals surface area contributed by atoms with Gasteiger partial charge in [0.25, 0.3) is 0 Å². The minimum Gasteiger partial charge on any atom is -0.442 e. The third-order valence-corrected chi connectivity index (χ3v) is 8.12. The van der Waals surface area contributed by atoms with Gasteiger partial charge in [-0.15, -0.1) is 0 Å².